The summed E-state index contributed by atoms with van der Waals surface area (Å²) in [4.78, 5) is 0. The maximum atomic E-state index is 3.79. The first kappa shape index (κ1) is 10.8. The highest BCUT2D eigenvalue weighted by Gasteiger charge is 2.49. The molecule has 16 heavy (non-hydrogen) atoms. The Hall–Kier alpha value is -0.300. The molecule has 0 aliphatic heterocycles. The lowest BCUT2D eigenvalue weighted by molar-refractivity contribution is 0.197. The van der Waals surface area contributed by atoms with Gasteiger partial charge in [0.15, 0.2) is 0 Å². The summed E-state index contributed by atoms with van der Waals surface area (Å²) >= 11 is 3.79. The molecule has 0 aromatic heterocycles. The molecule has 2 bridgehead atoms. The van der Waals surface area contributed by atoms with Crippen LogP contribution < -0.4 is 0 Å². The predicted octanol–water partition coefficient (Wildman–Crippen LogP) is 4.43. The summed E-state index contributed by atoms with van der Waals surface area (Å²) in [6.45, 7) is 0. The summed E-state index contributed by atoms with van der Waals surface area (Å²) in [6, 6.07) is 11.0. The van der Waals surface area contributed by atoms with Gasteiger partial charge in [0.25, 0.3) is 0 Å². The number of fused-ring (bicyclic) bond motifs is 2. The minimum absolute atomic E-state index is 0.574. The smallest absolute Gasteiger partial charge is 0.00939 e. The Balaban J connectivity index is 1.82. The molecule has 2 aliphatic carbocycles. The Morgan fingerprint density at radius 2 is 2.00 bits per heavy atom. The zero-order chi connectivity index (χ0) is 11.0. The van der Waals surface area contributed by atoms with Crippen molar-refractivity contribution < 1.29 is 0 Å². The van der Waals surface area contributed by atoms with E-state index < -0.39 is 0 Å². The van der Waals surface area contributed by atoms with E-state index in [1.54, 1.807) is 0 Å². The topological polar surface area (TPSA) is 0 Å². The molecule has 2 saturated carbocycles. The van der Waals surface area contributed by atoms with E-state index >= 15 is 0 Å². The quantitative estimate of drug-likeness (QED) is 0.718. The zero-order valence-corrected chi connectivity index (χ0v) is 11.2. The van der Waals surface area contributed by atoms with Crippen LogP contribution in [0.2, 0.25) is 0 Å². The van der Waals surface area contributed by atoms with Crippen LogP contribution in [0, 0.1) is 17.3 Å². The third-order valence-electron chi connectivity index (χ3n) is 4.77. The number of hydrogen-bond acceptors (Lipinski definition) is 0. The van der Waals surface area contributed by atoms with Crippen LogP contribution in [0.3, 0.4) is 0 Å². The average molecular weight is 279 g/mol. The lowest BCUT2D eigenvalue weighted by Crippen LogP contribution is -2.32. The Labute approximate surface area is 107 Å². The van der Waals surface area contributed by atoms with E-state index in [2.05, 4.69) is 46.3 Å². The van der Waals surface area contributed by atoms with Gasteiger partial charge in [-0.15, -0.1) is 0 Å². The Kier molecular flexibility index (Phi) is 2.83. The maximum Gasteiger partial charge on any atom is 0.00939 e. The molecular formula is C15H19Br. The lowest BCUT2D eigenvalue weighted by Gasteiger charge is -2.36. The standard InChI is InChI=1S/C15H19Br/c16-11-15(9-12-4-2-1-3-5-12)10-13-6-7-14(15)8-13/h1-5,13-14H,6-11H2. The van der Waals surface area contributed by atoms with E-state index in [4.69, 9.17) is 0 Å². The Morgan fingerprint density at radius 1 is 1.19 bits per heavy atom. The van der Waals surface area contributed by atoms with Gasteiger partial charge in [0.05, 0.1) is 0 Å². The normalized spacial score (nSPS) is 36.8. The second kappa shape index (κ2) is 4.18. The summed E-state index contributed by atoms with van der Waals surface area (Å²) in [5.41, 5.74) is 2.10. The summed E-state index contributed by atoms with van der Waals surface area (Å²) in [5.74, 6) is 2.02. The molecule has 0 amide bonds. The molecule has 2 fully saturated rings. The van der Waals surface area contributed by atoms with E-state index in [1.165, 1.54) is 43.0 Å². The highest BCUT2D eigenvalue weighted by molar-refractivity contribution is 9.09. The van der Waals surface area contributed by atoms with E-state index in [1.807, 2.05) is 0 Å². The first-order valence-electron chi connectivity index (χ1n) is 6.42. The summed E-state index contributed by atoms with van der Waals surface area (Å²) < 4.78 is 0. The van der Waals surface area contributed by atoms with Crippen molar-refractivity contribution in [2.45, 2.75) is 32.1 Å². The molecule has 3 atom stereocenters. The van der Waals surface area contributed by atoms with Crippen molar-refractivity contribution >= 4 is 15.9 Å². The van der Waals surface area contributed by atoms with Crippen molar-refractivity contribution in [3.05, 3.63) is 35.9 Å². The number of hydrogen-bond donors (Lipinski definition) is 0. The fourth-order valence-corrected chi connectivity index (χ4v) is 4.87. The third kappa shape index (κ3) is 1.73. The second-order valence-electron chi connectivity index (χ2n) is 5.74. The Morgan fingerprint density at radius 3 is 2.56 bits per heavy atom. The van der Waals surface area contributed by atoms with Crippen molar-refractivity contribution in [2.24, 2.45) is 17.3 Å². The molecule has 3 rings (SSSR count). The van der Waals surface area contributed by atoms with Crippen molar-refractivity contribution in [1.82, 2.24) is 0 Å². The average Bonchev–Trinajstić information content (AvgIpc) is 2.91. The molecule has 3 unspecified atom stereocenters. The minimum atomic E-state index is 0.574. The molecule has 0 nitrogen and oxygen atoms in total. The molecule has 0 N–H and O–H groups in total. The van der Waals surface area contributed by atoms with E-state index in [9.17, 15) is 0 Å². The molecule has 1 aromatic rings. The van der Waals surface area contributed by atoms with Crippen LogP contribution >= 0.6 is 15.9 Å². The van der Waals surface area contributed by atoms with Gasteiger partial charge in [0.2, 0.25) is 0 Å². The third-order valence-corrected chi connectivity index (χ3v) is 5.88. The summed E-state index contributed by atoms with van der Waals surface area (Å²) in [7, 11) is 0. The monoisotopic (exact) mass is 278 g/mol. The van der Waals surface area contributed by atoms with Gasteiger partial charge in [-0.2, -0.15) is 0 Å². The molecule has 0 heterocycles. The zero-order valence-electron chi connectivity index (χ0n) is 9.66. The van der Waals surface area contributed by atoms with Crippen molar-refractivity contribution in [3.63, 3.8) is 0 Å². The van der Waals surface area contributed by atoms with Gasteiger partial charge in [-0.25, -0.2) is 0 Å². The molecule has 2 aliphatic rings. The second-order valence-corrected chi connectivity index (χ2v) is 6.30. The van der Waals surface area contributed by atoms with Crippen molar-refractivity contribution in [1.29, 1.82) is 0 Å². The molecular weight excluding hydrogens is 260 g/mol. The van der Waals surface area contributed by atoms with Crippen LogP contribution in [0.4, 0.5) is 0 Å². The van der Waals surface area contributed by atoms with Gasteiger partial charge in [-0.1, -0.05) is 52.7 Å². The first-order valence-corrected chi connectivity index (χ1v) is 7.54. The van der Waals surface area contributed by atoms with Crippen LogP contribution in [-0.2, 0) is 6.42 Å². The molecule has 0 spiro atoms. The van der Waals surface area contributed by atoms with E-state index in [-0.39, 0.29) is 0 Å². The van der Waals surface area contributed by atoms with Gasteiger partial charge in [0, 0.05) is 5.33 Å². The predicted molar refractivity (Wildman–Crippen MR) is 71.8 cm³/mol. The van der Waals surface area contributed by atoms with Gasteiger partial charge in [0.1, 0.15) is 0 Å². The Bertz CT molecular complexity index is 359. The van der Waals surface area contributed by atoms with Crippen molar-refractivity contribution in [2.75, 3.05) is 5.33 Å². The van der Waals surface area contributed by atoms with Gasteiger partial charge in [-0.05, 0) is 48.5 Å². The van der Waals surface area contributed by atoms with Gasteiger partial charge >= 0.3 is 0 Å². The van der Waals surface area contributed by atoms with E-state index in [0.29, 0.717) is 5.41 Å². The molecule has 0 saturated heterocycles. The largest absolute Gasteiger partial charge is 0.0922 e. The van der Waals surface area contributed by atoms with Crippen LogP contribution in [0.15, 0.2) is 30.3 Å². The highest BCUT2D eigenvalue weighted by atomic mass is 79.9. The number of rotatable bonds is 3. The van der Waals surface area contributed by atoms with Crippen LogP contribution in [0.25, 0.3) is 0 Å². The van der Waals surface area contributed by atoms with E-state index in [0.717, 1.165) is 11.8 Å². The SMILES string of the molecule is BrCC1(Cc2ccccc2)CC2CCC1C2. The number of alkyl halides is 1. The van der Waals surface area contributed by atoms with Gasteiger partial charge in [-0.3, -0.25) is 0 Å². The van der Waals surface area contributed by atoms with Crippen LogP contribution in [0.5, 0.6) is 0 Å². The molecule has 1 aromatic carbocycles. The fraction of sp³-hybridized carbons (Fsp3) is 0.600. The summed E-state index contributed by atoms with van der Waals surface area (Å²) in [6.07, 6.45) is 7.20. The van der Waals surface area contributed by atoms with Crippen molar-refractivity contribution in [3.8, 4) is 0 Å². The fourth-order valence-electron chi connectivity index (χ4n) is 3.99. The number of benzene rings is 1. The molecule has 1 heteroatoms. The number of halogens is 1. The van der Waals surface area contributed by atoms with Crippen LogP contribution in [-0.4, -0.2) is 5.33 Å². The highest BCUT2D eigenvalue weighted by Crippen LogP contribution is 2.57. The van der Waals surface area contributed by atoms with Crippen LogP contribution in [0.1, 0.15) is 31.2 Å². The molecule has 86 valence electrons. The maximum absolute atomic E-state index is 3.79. The lowest BCUT2D eigenvalue weighted by atomic mass is 9.71. The first-order chi connectivity index (χ1) is 7.82. The minimum Gasteiger partial charge on any atom is -0.0922 e. The van der Waals surface area contributed by atoms with Gasteiger partial charge < -0.3 is 0 Å². The summed E-state index contributed by atoms with van der Waals surface area (Å²) in [5, 5.41) is 1.19. The molecule has 0 radical (unpaired) electrons.